The van der Waals surface area contributed by atoms with E-state index in [1.54, 1.807) is 0 Å². The molecular weight excluding hydrogens is 342 g/mol. The van der Waals surface area contributed by atoms with Crippen LogP contribution in [0.5, 0.6) is 0 Å². The van der Waals surface area contributed by atoms with E-state index in [9.17, 15) is 9.59 Å². The molecule has 1 atom stereocenters. The first-order valence-corrected chi connectivity index (χ1v) is 10.5. The lowest BCUT2D eigenvalue weighted by molar-refractivity contribution is -0.137. The molecule has 5 nitrogen and oxygen atoms in total. The second kappa shape index (κ2) is 19.2. The van der Waals surface area contributed by atoms with Gasteiger partial charge in [0, 0.05) is 6.42 Å². The molecule has 0 aliphatic rings. The SMILES string of the molecule is C[C@@H](O)CCC/C=C\CCCCCCC/C=C\CCCC(=O)NCC(=O)O. The Bertz CT molecular complexity index is 430. The molecular formula is C22H39NO4. The summed E-state index contributed by atoms with van der Waals surface area (Å²) in [5.41, 5.74) is 0. The van der Waals surface area contributed by atoms with Crippen molar-refractivity contribution in [2.75, 3.05) is 6.54 Å². The minimum Gasteiger partial charge on any atom is -0.480 e. The van der Waals surface area contributed by atoms with Crippen LogP contribution >= 0.6 is 0 Å². The number of aliphatic carboxylic acids is 1. The summed E-state index contributed by atoms with van der Waals surface area (Å²) in [6.07, 6.45) is 22.2. The highest BCUT2D eigenvalue weighted by molar-refractivity contribution is 5.80. The van der Waals surface area contributed by atoms with Gasteiger partial charge in [-0.05, 0) is 64.7 Å². The zero-order valence-corrected chi connectivity index (χ0v) is 17.0. The normalized spacial score (nSPS) is 12.7. The lowest BCUT2D eigenvalue weighted by atomic mass is 10.1. The molecule has 0 bridgehead atoms. The van der Waals surface area contributed by atoms with E-state index in [1.807, 2.05) is 6.92 Å². The van der Waals surface area contributed by atoms with Gasteiger partial charge in [0.25, 0.3) is 0 Å². The molecule has 0 aliphatic carbocycles. The van der Waals surface area contributed by atoms with E-state index < -0.39 is 5.97 Å². The highest BCUT2D eigenvalue weighted by Crippen LogP contribution is 2.09. The fourth-order valence-electron chi connectivity index (χ4n) is 2.70. The Morgan fingerprint density at radius 3 is 1.81 bits per heavy atom. The number of amides is 1. The van der Waals surface area contributed by atoms with E-state index in [0.717, 1.165) is 44.9 Å². The topological polar surface area (TPSA) is 86.6 Å². The Balaban J connectivity index is 3.28. The van der Waals surface area contributed by atoms with Gasteiger partial charge in [0.05, 0.1) is 6.10 Å². The first-order valence-electron chi connectivity index (χ1n) is 10.5. The molecule has 0 aromatic heterocycles. The van der Waals surface area contributed by atoms with Gasteiger partial charge in [0.15, 0.2) is 0 Å². The van der Waals surface area contributed by atoms with Crippen LogP contribution in [-0.4, -0.2) is 34.7 Å². The molecule has 5 heteroatoms. The first-order chi connectivity index (χ1) is 13.0. The Labute approximate surface area is 164 Å². The third-order valence-corrected chi connectivity index (χ3v) is 4.28. The fraction of sp³-hybridized carbons (Fsp3) is 0.727. The number of carbonyl (C=O) groups excluding carboxylic acids is 1. The lowest BCUT2D eigenvalue weighted by Gasteiger charge is -2.01. The zero-order valence-electron chi connectivity index (χ0n) is 17.0. The van der Waals surface area contributed by atoms with Crippen LogP contribution in [-0.2, 0) is 9.59 Å². The van der Waals surface area contributed by atoms with Crippen molar-refractivity contribution in [3.8, 4) is 0 Å². The summed E-state index contributed by atoms with van der Waals surface area (Å²) in [6.45, 7) is 1.54. The number of rotatable bonds is 18. The van der Waals surface area contributed by atoms with Crippen LogP contribution in [0.3, 0.4) is 0 Å². The van der Waals surface area contributed by atoms with E-state index in [-0.39, 0.29) is 18.6 Å². The van der Waals surface area contributed by atoms with Crippen molar-refractivity contribution in [3.05, 3.63) is 24.3 Å². The molecule has 0 aromatic carbocycles. The maximum Gasteiger partial charge on any atom is 0.322 e. The molecule has 0 aromatic rings. The summed E-state index contributed by atoms with van der Waals surface area (Å²) < 4.78 is 0. The summed E-state index contributed by atoms with van der Waals surface area (Å²) >= 11 is 0. The minimum absolute atomic E-state index is 0.176. The van der Waals surface area contributed by atoms with Gasteiger partial charge in [-0.3, -0.25) is 9.59 Å². The van der Waals surface area contributed by atoms with E-state index in [2.05, 4.69) is 29.6 Å². The average Bonchev–Trinajstić information content (AvgIpc) is 2.62. The van der Waals surface area contributed by atoms with Gasteiger partial charge < -0.3 is 15.5 Å². The Hall–Kier alpha value is -1.62. The number of carbonyl (C=O) groups is 2. The van der Waals surface area contributed by atoms with Gasteiger partial charge in [-0.25, -0.2) is 0 Å². The smallest absolute Gasteiger partial charge is 0.322 e. The lowest BCUT2D eigenvalue weighted by Crippen LogP contribution is -2.28. The molecule has 0 unspecified atom stereocenters. The molecule has 1 amide bonds. The van der Waals surface area contributed by atoms with Gasteiger partial charge in [-0.1, -0.05) is 43.6 Å². The van der Waals surface area contributed by atoms with Crippen molar-refractivity contribution in [1.29, 1.82) is 0 Å². The maximum absolute atomic E-state index is 11.3. The van der Waals surface area contributed by atoms with Crippen LogP contribution in [0.1, 0.15) is 90.4 Å². The predicted octanol–water partition coefficient (Wildman–Crippen LogP) is 4.75. The molecule has 0 aliphatic heterocycles. The second-order valence-electron chi connectivity index (χ2n) is 7.13. The van der Waals surface area contributed by atoms with E-state index in [4.69, 9.17) is 10.2 Å². The molecule has 0 heterocycles. The highest BCUT2D eigenvalue weighted by atomic mass is 16.4. The molecule has 0 saturated carbocycles. The summed E-state index contributed by atoms with van der Waals surface area (Å²) in [6, 6.07) is 0. The number of nitrogens with one attached hydrogen (secondary N) is 1. The number of hydrogen-bond donors (Lipinski definition) is 3. The van der Waals surface area contributed by atoms with E-state index in [1.165, 1.54) is 32.1 Å². The molecule has 0 saturated heterocycles. The number of carboxylic acid groups (broad SMARTS) is 1. The monoisotopic (exact) mass is 381 g/mol. The summed E-state index contributed by atoms with van der Waals surface area (Å²) in [5, 5.41) is 20.0. The van der Waals surface area contributed by atoms with Crippen molar-refractivity contribution in [2.24, 2.45) is 0 Å². The summed E-state index contributed by atoms with van der Waals surface area (Å²) in [5.74, 6) is -1.20. The standard InChI is InChI=1S/C22H39NO4/c1-20(24)17-15-13-11-9-7-5-3-2-4-6-8-10-12-14-16-18-21(25)23-19-22(26)27/h9-12,20,24H,2-8,13-19H2,1H3,(H,23,25)(H,26,27)/b11-9-,12-10-/t20-/m1/s1. The second-order valence-corrected chi connectivity index (χ2v) is 7.13. The first kappa shape index (κ1) is 25.4. The van der Waals surface area contributed by atoms with E-state index in [0.29, 0.717) is 6.42 Å². The van der Waals surface area contributed by atoms with Crippen LogP contribution in [0, 0.1) is 0 Å². The summed E-state index contributed by atoms with van der Waals surface area (Å²) in [4.78, 5) is 21.6. The Morgan fingerprint density at radius 1 is 0.815 bits per heavy atom. The summed E-state index contributed by atoms with van der Waals surface area (Å²) in [7, 11) is 0. The van der Waals surface area contributed by atoms with Crippen LogP contribution in [0.4, 0.5) is 0 Å². The molecule has 156 valence electrons. The number of unbranched alkanes of at least 4 members (excludes halogenated alkanes) is 8. The predicted molar refractivity (Wildman–Crippen MR) is 111 cm³/mol. The van der Waals surface area contributed by atoms with Crippen molar-refractivity contribution in [3.63, 3.8) is 0 Å². The van der Waals surface area contributed by atoms with Gasteiger partial charge in [-0.15, -0.1) is 0 Å². The molecule has 0 spiro atoms. The number of aliphatic hydroxyl groups excluding tert-OH is 1. The van der Waals surface area contributed by atoms with Crippen molar-refractivity contribution >= 4 is 11.9 Å². The number of carboxylic acids is 1. The zero-order chi connectivity index (χ0) is 20.2. The number of allylic oxidation sites excluding steroid dienone is 4. The van der Waals surface area contributed by atoms with Gasteiger partial charge in [0.1, 0.15) is 6.54 Å². The van der Waals surface area contributed by atoms with Gasteiger partial charge in [-0.2, -0.15) is 0 Å². The van der Waals surface area contributed by atoms with Crippen molar-refractivity contribution < 1.29 is 19.8 Å². The molecule has 0 rings (SSSR count). The molecule has 3 N–H and O–H groups in total. The highest BCUT2D eigenvalue weighted by Gasteiger charge is 2.02. The molecule has 27 heavy (non-hydrogen) atoms. The van der Waals surface area contributed by atoms with Crippen LogP contribution < -0.4 is 5.32 Å². The van der Waals surface area contributed by atoms with Crippen LogP contribution in [0.15, 0.2) is 24.3 Å². The quantitative estimate of drug-likeness (QED) is 0.236. The van der Waals surface area contributed by atoms with Gasteiger partial charge >= 0.3 is 5.97 Å². The molecule has 0 fully saturated rings. The molecule has 0 radical (unpaired) electrons. The minimum atomic E-state index is -1.01. The largest absolute Gasteiger partial charge is 0.480 e. The number of aliphatic hydroxyl groups is 1. The maximum atomic E-state index is 11.3. The number of hydrogen-bond acceptors (Lipinski definition) is 3. The van der Waals surface area contributed by atoms with Crippen molar-refractivity contribution in [2.45, 2.75) is 96.5 Å². The van der Waals surface area contributed by atoms with Crippen LogP contribution in [0.2, 0.25) is 0 Å². The van der Waals surface area contributed by atoms with E-state index >= 15 is 0 Å². The van der Waals surface area contributed by atoms with Crippen LogP contribution in [0.25, 0.3) is 0 Å². The third kappa shape index (κ3) is 22.3. The van der Waals surface area contributed by atoms with Gasteiger partial charge in [0.2, 0.25) is 5.91 Å². The Kier molecular flexibility index (Phi) is 18.0. The van der Waals surface area contributed by atoms with Crippen molar-refractivity contribution in [1.82, 2.24) is 5.32 Å². The fourth-order valence-corrected chi connectivity index (χ4v) is 2.70. The Morgan fingerprint density at radius 2 is 1.30 bits per heavy atom. The average molecular weight is 382 g/mol. The third-order valence-electron chi connectivity index (χ3n) is 4.28.